The molecule has 0 bridgehead atoms. The van der Waals surface area contributed by atoms with E-state index in [9.17, 15) is 9.59 Å². The molecule has 118 valence electrons. The summed E-state index contributed by atoms with van der Waals surface area (Å²) in [6, 6.07) is 15.2. The number of carbonyl (C=O) groups excluding carboxylic acids is 2. The van der Waals surface area contributed by atoms with Crippen LogP contribution in [0.3, 0.4) is 0 Å². The highest BCUT2D eigenvalue weighted by Crippen LogP contribution is 2.38. The number of rotatable bonds is 5. The van der Waals surface area contributed by atoms with E-state index in [1.165, 1.54) is 7.11 Å². The van der Waals surface area contributed by atoms with Gasteiger partial charge in [0.25, 0.3) is 11.6 Å². The van der Waals surface area contributed by atoms with Crippen LogP contribution in [-0.2, 0) is 20.1 Å². The van der Waals surface area contributed by atoms with Crippen molar-refractivity contribution in [2.75, 3.05) is 20.3 Å². The highest BCUT2D eigenvalue weighted by Gasteiger charge is 2.51. The van der Waals surface area contributed by atoms with Crippen LogP contribution in [0.2, 0.25) is 0 Å². The molecular weight excluding hydrogens is 296 g/mol. The Hall–Kier alpha value is -2.50. The van der Waals surface area contributed by atoms with Crippen molar-refractivity contribution in [2.45, 2.75) is 5.79 Å². The molecular formula is C18H16O5. The van der Waals surface area contributed by atoms with Crippen molar-refractivity contribution in [3.8, 4) is 5.75 Å². The standard InChI is InChI=1S/C18H16O5/c1-21-15-10-6-5-9-14(15)18(22-11-12-23-18)17(20)16(19)13-7-3-2-4-8-13/h2-10H,11-12H2,1H3. The van der Waals surface area contributed by atoms with E-state index in [0.717, 1.165) is 0 Å². The summed E-state index contributed by atoms with van der Waals surface area (Å²) in [5.74, 6) is -2.73. The van der Waals surface area contributed by atoms with E-state index in [-0.39, 0.29) is 13.2 Å². The molecule has 0 atom stereocenters. The first-order chi connectivity index (χ1) is 11.2. The quantitative estimate of drug-likeness (QED) is 0.626. The van der Waals surface area contributed by atoms with Crippen LogP contribution in [-0.4, -0.2) is 31.9 Å². The first-order valence-corrected chi connectivity index (χ1v) is 7.24. The molecule has 5 heteroatoms. The van der Waals surface area contributed by atoms with Gasteiger partial charge in [0.1, 0.15) is 5.75 Å². The molecule has 0 N–H and O–H groups in total. The van der Waals surface area contributed by atoms with Gasteiger partial charge in [-0.25, -0.2) is 0 Å². The molecule has 1 saturated heterocycles. The maximum atomic E-state index is 12.9. The van der Waals surface area contributed by atoms with Crippen LogP contribution in [0.25, 0.3) is 0 Å². The van der Waals surface area contributed by atoms with Crippen LogP contribution in [0.1, 0.15) is 15.9 Å². The summed E-state index contributed by atoms with van der Waals surface area (Å²) in [4.78, 5) is 25.4. The van der Waals surface area contributed by atoms with Crippen molar-refractivity contribution in [1.29, 1.82) is 0 Å². The minimum atomic E-state index is -1.75. The summed E-state index contributed by atoms with van der Waals surface area (Å²) in [5.41, 5.74) is 0.695. The number of methoxy groups -OCH3 is 1. The van der Waals surface area contributed by atoms with Gasteiger partial charge in [-0.15, -0.1) is 0 Å². The Kier molecular flexibility index (Phi) is 4.23. The van der Waals surface area contributed by atoms with Crippen molar-refractivity contribution in [2.24, 2.45) is 0 Å². The third-order valence-electron chi connectivity index (χ3n) is 3.70. The second kappa shape index (κ2) is 6.32. The third-order valence-corrected chi connectivity index (χ3v) is 3.70. The zero-order chi connectivity index (χ0) is 16.3. The molecule has 2 aromatic carbocycles. The second-order valence-corrected chi connectivity index (χ2v) is 5.04. The van der Waals surface area contributed by atoms with E-state index in [0.29, 0.717) is 16.9 Å². The molecule has 1 fully saturated rings. The van der Waals surface area contributed by atoms with Crippen LogP contribution in [0.15, 0.2) is 54.6 Å². The smallest absolute Gasteiger partial charge is 0.268 e. The first kappa shape index (κ1) is 15.4. The zero-order valence-electron chi connectivity index (χ0n) is 12.7. The molecule has 0 radical (unpaired) electrons. The molecule has 0 saturated carbocycles. The molecule has 0 spiro atoms. The second-order valence-electron chi connectivity index (χ2n) is 5.04. The maximum Gasteiger partial charge on any atom is 0.268 e. The Labute approximate surface area is 133 Å². The lowest BCUT2D eigenvalue weighted by Crippen LogP contribution is -2.42. The van der Waals surface area contributed by atoms with Gasteiger partial charge in [0.2, 0.25) is 5.78 Å². The SMILES string of the molecule is COc1ccccc1C1(C(=O)C(=O)c2ccccc2)OCCO1. The van der Waals surface area contributed by atoms with Crippen LogP contribution < -0.4 is 4.74 Å². The highest BCUT2D eigenvalue weighted by molar-refractivity contribution is 6.46. The van der Waals surface area contributed by atoms with Crippen LogP contribution in [0, 0.1) is 0 Å². The average Bonchev–Trinajstić information content (AvgIpc) is 3.12. The number of Topliss-reactive ketones (excluding diaryl/α,β-unsaturated/α-hetero) is 2. The van der Waals surface area contributed by atoms with Crippen LogP contribution in [0.4, 0.5) is 0 Å². The van der Waals surface area contributed by atoms with Crippen molar-refractivity contribution in [3.63, 3.8) is 0 Å². The molecule has 1 heterocycles. The number of ketones is 2. The van der Waals surface area contributed by atoms with Gasteiger partial charge in [-0.05, 0) is 12.1 Å². The molecule has 0 aromatic heterocycles. The lowest BCUT2D eigenvalue weighted by atomic mass is 9.94. The predicted molar refractivity (Wildman–Crippen MR) is 82.4 cm³/mol. The Morgan fingerprint density at radius 2 is 1.57 bits per heavy atom. The van der Waals surface area contributed by atoms with Crippen LogP contribution in [0.5, 0.6) is 5.75 Å². The summed E-state index contributed by atoms with van der Waals surface area (Å²) < 4.78 is 16.5. The van der Waals surface area contributed by atoms with E-state index >= 15 is 0 Å². The lowest BCUT2D eigenvalue weighted by Gasteiger charge is -2.26. The summed E-state index contributed by atoms with van der Waals surface area (Å²) in [6.45, 7) is 0.456. The molecule has 3 rings (SSSR count). The fourth-order valence-electron chi connectivity index (χ4n) is 2.61. The molecule has 1 aliphatic heterocycles. The van der Waals surface area contributed by atoms with Gasteiger partial charge in [-0.3, -0.25) is 9.59 Å². The van der Waals surface area contributed by atoms with E-state index < -0.39 is 17.4 Å². The van der Waals surface area contributed by atoms with Gasteiger partial charge in [0, 0.05) is 5.56 Å². The molecule has 2 aromatic rings. The normalized spacial score (nSPS) is 16.0. The average molecular weight is 312 g/mol. The fourth-order valence-corrected chi connectivity index (χ4v) is 2.61. The van der Waals surface area contributed by atoms with Gasteiger partial charge in [0.05, 0.1) is 25.9 Å². The largest absolute Gasteiger partial charge is 0.496 e. The summed E-state index contributed by atoms with van der Waals surface area (Å²) in [7, 11) is 1.49. The van der Waals surface area contributed by atoms with Gasteiger partial charge >= 0.3 is 0 Å². The van der Waals surface area contributed by atoms with Crippen molar-refractivity contribution >= 4 is 11.6 Å². The zero-order valence-corrected chi connectivity index (χ0v) is 12.7. The van der Waals surface area contributed by atoms with E-state index in [1.54, 1.807) is 54.6 Å². The van der Waals surface area contributed by atoms with Gasteiger partial charge in [0.15, 0.2) is 0 Å². The fraction of sp³-hybridized carbons (Fsp3) is 0.222. The monoisotopic (exact) mass is 312 g/mol. The van der Waals surface area contributed by atoms with E-state index in [4.69, 9.17) is 14.2 Å². The first-order valence-electron chi connectivity index (χ1n) is 7.24. The molecule has 0 unspecified atom stereocenters. The Bertz CT molecular complexity index is 717. The predicted octanol–water partition coefficient (Wildman–Crippen LogP) is 2.35. The topological polar surface area (TPSA) is 61.8 Å². The lowest BCUT2D eigenvalue weighted by molar-refractivity contribution is -0.180. The Morgan fingerprint density at radius 1 is 0.957 bits per heavy atom. The molecule has 5 nitrogen and oxygen atoms in total. The minimum Gasteiger partial charge on any atom is -0.496 e. The summed E-state index contributed by atoms with van der Waals surface area (Å²) in [6.07, 6.45) is 0. The molecule has 1 aliphatic rings. The number of carbonyl (C=O) groups is 2. The van der Waals surface area contributed by atoms with Gasteiger partial charge in [-0.2, -0.15) is 0 Å². The molecule has 0 aliphatic carbocycles. The third kappa shape index (κ3) is 2.65. The molecule has 0 amide bonds. The number of hydrogen-bond acceptors (Lipinski definition) is 5. The molecule has 23 heavy (non-hydrogen) atoms. The van der Waals surface area contributed by atoms with E-state index in [2.05, 4.69) is 0 Å². The van der Waals surface area contributed by atoms with Crippen molar-refractivity contribution in [3.05, 3.63) is 65.7 Å². The Balaban J connectivity index is 2.05. The summed E-state index contributed by atoms with van der Waals surface area (Å²) >= 11 is 0. The van der Waals surface area contributed by atoms with Crippen molar-refractivity contribution in [1.82, 2.24) is 0 Å². The maximum absolute atomic E-state index is 12.9. The highest BCUT2D eigenvalue weighted by atomic mass is 16.7. The Morgan fingerprint density at radius 3 is 2.22 bits per heavy atom. The van der Waals surface area contributed by atoms with Gasteiger partial charge < -0.3 is 14.2 Å². The number of para-hydroxylation sites is 1. The number of hydrogen-bond donors (Lipinski definition) is 0. The summed E-state index contributed by atoms with van der Waals surface area (Å²) in [5, 5.41) is 0. The van der Waals surface area contributed by atoms with Crippen molar-refractivity contribution < 1.29 is 23.8 Å². The number of ether oxygens (including phenoxy) is 3. The number of benzene rings is 2. The van der Waals surface area contributed by atoms with E-state index in [1.807, 2.05) is 0 Å². The van der Waals surface area contributed by atoms with Gasteiger partial charge in [-0.1, -0.05) is 42.5 Å². The minimum absolute atomic E-state index is 0.228. The van der Waals surface area contributed by atoms with Crippen LogP contribution >= 0.6 is 0 Å².